The molecule has 3 heteroatoms. The van der Waals surface area contributed by atoms with Gasteiger partial charge in [0.2, 0.25) is 0 Å². The number of carbonyl (C=O) groups excluding carboxylic acids is 1. The Morgan fingerprint density at radius 2 is 2.08 bits per heavy atom. The summed E-state index contributed by atoms with van der Waals surface area (Å²) in [7, 11) is 0. The van der Waals surface area contributed by atoms with Crippen LogP contribution in [-0.4, -0.2) is 17.6 Å². The van der Waals surface area contributed by atoms with E-state index >= 15 is 0 Å². The average molecular weight is 171 g/mol. The molecular formula is C9H17NO2. The van der Waals surface area contributed by atoms with Gasteiger partial charge in [-0.25, -0.2) is 0 Å². The Balaban J connectivity index is 0.000000561. The molecule has 0 unspecified atom stereocenters. The zero-order chi connectivity index (χ0) is 9.56. The molecule has 1 amide bonds. The molecule has 12 heavy (non-hydrogen) atoms. The number of hydrogen-bond donors (Lipinski definition) is 0. The molecule has 0 N–H and O–H groups in total. The van der Waals surface area contributed by atoms with Crippen LogP contribution in [0.1, 0.15) is 33.6 Å². The van der Waals surface area contributed by atoms with Gasteiger partial charge in [-0.1, -0.05) is 20.4 Å². The molecule has 70 valence electrons. The topological polar surface area (TPSA) is 29.5 Å². The molecule has 3 nitrogen and oxygen atoms in total. The Labute approximate surface area is 74.0 Å². The maximum atomic E-state index is 10.9. The second-order valence-corrected chi connectivity index (χ2v) is 2.17. The van der Waals surface area contributed by atoms with E-state index in [9.17, 15) is 4.79 Å². The zero-order valence-electron chi connectivity index (χ0n) is 8.09. The highest BCUT2D eigenvalue weighted by Crippen LogP contribution is 2.20. The summed E-state index contributed by atoms with van der Waals surface area (Å²) in [6.07, 6.45) is 1.28. The summed E-state index contributed by atoms with van der Waals surface area (Å²) < 4.78 is 0. The van der Waals surface area contributed by atoms with Gasteiger partial charge in [0.1, 0.15) is 0 Å². The van der Waals surface area contributed by atoms with Gasteiger partial charge in [-0.2, -0.15) is 5.06 Å². The molecule has 0 spiro atoms. The van der Waals surface area contributed by atoms with Crippen LogP contribution in [0.5, 0.6) is 0 Å². The molecule has 1 fully saturated rings. The van der Waals surface area contributed by atoms with E-state index in [2.05, 4.69) is 6.58 Å². The molecule has 1 heterocycles. The van der Waals surface area contributed by atoms with Crippen molar-refractivity contribution in [1.29, 1.82) is 0 Å². The van der Waals surface area contributed by atoms with Crippen LogP contribution in [-0.2, 0) is 9.63 Å². The minimum absolute atomic E-state index is 0.0202. The summed E-state index contributed by atoms with van der Waals surface area (Å²) in [4.78, 5) is 15.9. The molecule has 1 saturated heterocycles. The van der Waals surface area contributed by atoms with Crippen LogP contribution in [0.4, 0.5) is 0 Å². The Bertz CT molecular complexity index is 150. The van der Waals surface area contributed by atoms with Gasteiger partial charge in [-0.3, -0.25) is 9.63 Å². The molecule has 0 aromatic heterocycles. The zero-order valence-corrected chi connectivity index (χ0v) is 8.09. The molecule has 0 bridgehead atoms. The molecule has 0 radical (unpaired) electrons. The molecule has 0 saturated carbocycles. The third kappa shape index (κ3) is 2.66. The molecule has 0 atom stereocenters. The van der Waals surface area contributed by atoms with E-state index < -0.39 is 0 Å². The van der Waals surface area contributed by atoms with Gasteiger partial charge >= 0.3 is 0 Å². The highest BCUT2D eigenvalue weighted by Gasteiger charge is 2.24. The SMILES string of the molecule is C=C1CCC(=O)N1OCC.CC. The molecule has 1 rings (SSSR count). The fraction of sp³-hybridized carbons (Fsp3) is 0.667. The van der Waals surface area contributed by atoms with Crippen LogP contribution in [0.2, 0.25) is 0 Å². The van der Waals surface area contributed by atoms with E-state index in [0.29, 0.717) is 13.0 Å². The van der Waals surface area contributed by atoms with Gasteiger partial charge in [0, 0.05) is 12.1 Å². The van der Waals surface area contributed by atoms with Crippen molar-refractivity contribution in [1.82, 2.24) is 5.06 Å². The predicted molar refractivity (Wildman–Crippen MR) is 48.2 cm³/mol. The van der Waals surface area contributed by atoms with Gasteiger partial charge in [0.25, 0.3) is 5.91 Å². The number of allylic oxidation sites excluding steroid dienone is 1. The third-order valence-corrected chi connectivity index (χ3v) is 1.40. The van der Waals surface area contributed by atoms with Crippen LogP contribution in [0, 0.1) is 0 Å². The van der Waals surface area contributed by atoms with Gasteiger partial charge < -0.3 is 0 Å². The lowest BCUT2D eigenvalue weighted by Gasteiger charge is -2.14. The van der Waals surface area contributed by atoms with Crippen LogP contribution in [0.15, 0.2) is 12.3 Å². The number of rotatable bonds is 2. The lowest BCUT2D eigenvalue weighted by molar-refractivity contribution is -0.166. The first-order valence-electron chi connectivity index (χ1n) is 4.39. The maximum absolute atomic E-state index is 10.9. The van der Waals surface area contributed by atoms with Gasteiger partial charge in [-0.15, -0.1) is 0 Å². The number of hydroxylamine groups is 2. The van der Waals surface area contributed by atoms with Gasteiger partial charge in [0.15, 0.2) is 0 Å². The Morgan fingerprint density at radius 1 is 1.50 bits per heavy atom. The third-order valence-electron chi connectivity index (χ3n) is 1.40. The lowest BCUT2D eigenvalue weighted by Crippen LogP contribution is -2.22. The van der Waals surface area contributed by atoms with Crippen LogP contribution >= 0.6 is 0 Å². The molecule has 0 aliphatic carbocycles. The fourth-order valence-electron chi connectivity index (χ4n) is 0.923. The molecular weight excluding hydrogens is 154 g/mol. The lowest BCUT2D eigenvalue weighted by atomic mass is 10.3. The van der Waals surface area contributed by atoms with Crippen molar-refractivity contribution in [3.8, 4) is 0 Å². The van der Waals surface area contributed by atoms with E-state index in [4.69, 9.17) is 4.84 Å². The first-order valence-corrected chi connectivity index (χ1v) is 4.39. The summed E-state index contributed by atoms with van der Waals surface area (Å²) in [5.41, 5.74) is 0.770. The summed E-state index contributed by atoms with van der Waals surface area (Å²) in [5.74, 6) is 0.0202. The van der Waals surface area contributed by atoms with Crippen LogP contribution in [0.3, 0.4) is 0 Å². The summed E-state index contributed by atoms with van der Waals surface area (Å²) in [5, 5.41) is 1.29. The minimum Gasteiger partial charge on any atom is -0.272 e. The van der Waals surface area contributed by atoms with Crippen LogP contribution < -0.4 is 0 Å². The second-order valence-electron chi connectivity index (χ2n) is 2.17. The molecule has 1 aliphatic heterocycles. The normalized spacial score (nSPS) is 16.1. The summed E-state index contributed by atoms with van der Waals surface area (Å²) in [6.45, 7) is 10.0. The Morgan fingerprint density at radius 3 is 2.42 bits per heavy atom. The standard InChI is InChI=1S/C7H11NO2.C2H6/c1-3-10-8-6(2)4-5-7(8)9;1-2/h2-5H2,1H3;1-2H3. The number of carbonyl (C=O) groups is 1. The number of amides is 1. The average Bonchev–Trinajstić information content (AvgIpc) is 2.40. The highest BCUT2D eigenvalue weighted by atomic mass is 16.7. The molecule has 0 aromatic carbocycles. The van der Waals surface area contributed by atoms with Gasteiger partial charge in [-0.05, 0) is 13.3 Å². The summed E-state index contributed by atoms with van der Waals surface area (Å²) >= 11 is 0. The van der Waals surface area contributed by atoms with Crippen molar-refractivity contribution >= 4 is 5.91 Å². The van der Waals surface area contributed by atoms with Crippen LogP contribution in [0.25, 0.3) is 0 Å². The predicted octanol–water partition coefficient (Wildman–Crippen LogP) is 2.10. The smallest absolute Gasteiger partial charge is 0.250 e. The Kier molecular flexibility index (Phi) is 5.37. The largest absolute Gasteiger partial charge is 0.272 e. The molecule has 0 aromatic rings. The maximum Gasteiger partial charge on any atom is 0.250 e. The first-order chi connectivity index (χ1) is 5.75. The number of nitrogens with zero attached hydrogens (tertiary/aromatic N) is 1. The van der Waals surface area contributed by atoms with Gasteiger partial charge in [0.05, 0.1) is 6.61 Å². The highest BCUT2D eigenvalue weighted by molar-refractivity contribution is 5.79. The Hall–Kier alpha value is -0.830. The van der Waals surface area contributed by atoms with E-state index in [0.717, 1.165) is 12.1 Å². The van der Waals surface area contributed by atoms with Crippen molar-refractivity contribution in [3.05, 3.63) is 12.3 Å². The van der Waals surface area contributed by atoms with Crippen molar-refractivity contribution < 1.29 is 9.63 Å². The van der Waals surface area contributed by atoms with Crippen molar-refractivity contribution in [3.63, 3.8) is 0 Å². The quantitative estimate of drug-likeness (QED) is 0.636. The van der Waals surface area contributed by atoms with Crippen molar-refractivity contribution in [2.24, 2.45) is 0 Å². The van der Waals surface area contributed by atoms with E-state index in [1.54, 1.807) is 0 Å². The van der Waals surface area contributed by atoms with E-state index in [1.165, 1.54) is 5.06 Å². The van der Waals surface area contributed by atoms with E-state index in [-0.39, 0.29) is 5.91 Å². The first kappa shape index (κ1) is 11.2. The van der Waals surface area contributed by atoms with Crippen molar-refractivity contribution in [2.75, 3.05) is 6.61 Å². The fourth-order valence-corrected chi connectivity index (χ4v) is 0.923. The second kappa shape index (κ2) is 5.77. The monoisotopic (exact) mass is 171 g/mol. The van der Waals surface area contributed by atoms with Crippen molar-refractivity contribution in [2.45, 2.75) is 33.6 Å². The summed E-state index contributed by atoms with van der Waals surface area (Å²) in [6, 6.07) is 0. The number of hydrogen-bond acceptors (Lipinski definition) is 2. The van der Waals surface area contributed by atoms with E-state index in [1.807, 2.05) is 20.8 Å². The minimum atomic E-state index is 0.0202. The molecule has 1 aliphatic rings.